The summed E-state index contributed by atoms with van der Waals surface area (Å²) in [5, 5.41) is 0. The smallest absolute Gasteiger partial charge is 0.243 e. The zero-order valence-corrected chi connectivity index (χ0v) is 18.6. The summed E-state index contributed by atoms with van der Waals surface area (Å²) < 4.78 is 33.8. The molecular weight excluding hydrogens is 408 g/mol. The fourth-order valence-electron chi connectivity index (χ4n) is 4.56. The molecule has 2 aliphatic heterocycles. The minimum absolute atomic E-state index is 0.0907. The van der Waals surface area contributed by atoms with Crippen LogP contribution in [0.3, 0.4) is 0 Å². The maximum absolute atomic E-state index is 13.4. The fraction of sp³-hybridized carbons (Fsp3) is 0.476. The van der Waals surface area contributed by atoms with Crippen LogP contribution in [0.5, 0.6) is 0 Å². The van der Waals surface area contributed by atoms with Gasteiger partial charge in [-0.15, -0.1) is 11.8 Å². The van der Waals surface area contributed by atoms with E-state index in [0.717, 1.165) is 22.5 Å². The van der Waals surface area contributed by atoms with Gasteiger partial charge in [0.25, 0.3) is 0 Å². The second kappa shape index (κ2) is 7.49. The first kappa shape index (κ1) is 20.5. The third-order valence-corrected chi connectivity index (χ3v) is 9.62. The quantitative estimate of drug-likeness (QED) is 0.737. The zero-order chi connectivity index (χ0) is 20.8. The van der Waals surface area contributed by atoms with Crippen molar-refractivity contribution in [3.8, 4) is 0 Å². The van der Waals surface area contributed by atoms with Crippen LogP contribution < -0.4 is 0 Å². The molecule has 0 radical (unpaired) electrons. The van der Waals surface area contributed by atoms with Crippen molar-refractivity contribution in [1.82, 2.24) is 9.21 Å². The number of carbonyl (C=O) groups excluding carboxylic acids is 1. The van der Waals surface area contributed by atoms with Crippen LogP contribution >= 0.6 is 11.8 Å². The first-order valence-corrected chi connectivity index (χ1v) is 12.2. The monoisotopic (exact) mass is 434 g/mol. The van der Waals surface area contributed by atoms with Gasteiger partial charge < -0.3 is 9.32 Å². The third kappa shape index (κ3) is 3.62. The van der Waals surface area contributed by atoms with E-state index in [4.69, 9.17) is 4.42 Å². The summed E-state index contributed by atoms with van der Waals surface area (Å²) in [6, 6.07) is 7.52. The summed E-state index contributed by atoms with van der Waals surface area (Å²) in [6.07, 6.45) is 2.84. The molecule has 0 bridgehead atoms. The van der Waals surface area contributed by atoms with Crippen molar-refractivity contribution in [3.63, 3.8) is 0 Å². The van der Waals surface area contributed by atoms with Gasteiger partial charge in [0, 0.05) is 13.1 Å². The van der Waals surface area contributed by atoms with E-state index in [-0.39, 0.29) is 10.8 Å². The Balaban J connectivity index is 1.55. The summed E-state index contributed by atoms with van der Waals surface area (Å²) in [5.74, 6) is 1.28. The molecule has 3 heterocycles. The minimum atomic E-state index is -3.57. The molecule has 1 aromatic carbocycles. The number of nitrogens with zero attached hydrogens (tertiary/aromatic N) is 2. The highest BCUT2D eigenvalue weighted by molar-refractivity contribution is 8.01. The maximum Gasteiger partial charge on any atom is 0.243 e. The highest BCUT2D eigenvalue weighted by atomic mass is 32.2. The number of amides is 1. The van der Waals surface area contributed by atoms with Crippen LogP contribution in [0.15, 0.2) is 39.8 Å². The lowest BCUT2D eigenvalue weighted by molar-refractivity contribution is -0.132. The van der Waals surface area contributed by atoms with Crippen LogP contribution in [0.25, 0.3) is 0 Å². The standard InChI is InChI=1S/C21H26N2O4S2/c1-15-11-16(2)20(17(3)12-15)29(25,26)22-8-6-21(7-9-22)23(19(24)14-28-21)13-18-5-4-10-27-18/h4-5,10-12H,6-9,13-14H2,1-3H3. The van der Waals surface area contributed by atoms with E-state index >= 15 is 0 Å². The average molecular weight is 435 g/mol. The lowest BCUT2D eigenvalue weighted by atomic mass is 10.0. The molecule has 156 valence electrons. The molecule has 1 spiro atoms. The third-order valence-electron chi connectivity index (χ3n) is 5.86. The van der Waals surface area contributed by atoms with Crippen LogP contribution in [0, 0.1) is 20.8 Å². The molecule has 0 atom stereocenters. The van der Waals surface area contributed by atoms with Gasteiger partial charge in [0.15, 0.2) is 0 Å². The van der Waals surface area contributed by atoms with Crippen molar-refractivity contribution >= 4 is 27.7 Å². The number of sulfonamides is 1. The van der Waals surface area contributed by atoms with Gasteiger partial charge in [-0.25, -0.2) is 8.42 Å². The number of benzene rings is 1. The Morgan fingerprint density at radius 3 is 2.38 bits per heavy atom. The van der Waals surface area contributed by atoms with Crippen molar-refractivity contribution in [2.45, 2.75) is 49.9 Å². The van der Waals surface area contributed by atoms with Gasteiger partial charge in [-0.1, -0.05) is 17.7 Å². The molecule has 29 heavy (non-hydrogen) atoms. The van der Waals surface area contributed by atoms with E-state index < -0.39 is 10.0 Å². The number of hydrogen-bond donors (Lipinski definition) is 0. The van der Waals surface area contributed by atoms with Crippen LogP contribution in [0.2, 0.25) is 0 Å². The molecule has 4 rings (SSSR count). The number of thioether (sulfide) groups is 1. The van der Waals surface area contributed by atoms with Crippen molar-refractivity contribution in [1.29, 1.82) is 0 Å². The Hall–Kier alpha value is -1.77. The van der Waals surface area contributed by atoms with E-state index in [1.807, 2.05) is 49.9 Å². The average Bonchev–Trinajstić information content (AvgIpc) is 3.26. The molecule has 2 fully saturated rings. The SMILES string of the molecule is Cc1cc(C)c(S(=O)(=O)N2CCC3(CC2)SCC(=O)N3Cc2ccco2)c(C)c1. The normalized spacial score (nSPS) is 20.0. The van der Waals surface area contributed by atoms with Gasteiger partial charge in [-0.2, -0.15) is 4.31 Å². The number of hydrogen-bond acceptors (Lipinski definition) is 5. The van der Waals surface area contributed by atoms with E-state index in [2.05, 4.69) is 0 Å². The summed E-state index contributed by atoms with van der Waals surface area (Å²) in [7, 11) is -3.57. The molecule has 0 aliphatic carbocycles. The fourth-order valence-corrected chi connectivity index (χ4v) is 7.76. The van der Waals surface area contributed by atoms with Gasteiger partial charge >= 0.3 is 0 Å². The lowest BCUT2D eigenvalue weighted by Gasteiger charge is -2.43. The van der Waals surface area contributed by atoms with Gasteiger partial charge in [0.1, 0.15) is 5.76 Å². The number of aryl methyl sites for hydroxylation is 3. The molecule has 1 aromatic heterocycles. The van der Waals surface area contributed by atoms with E-state index in [9.17, 15) is 13.2 Å². The van der Waals surface area contributed by atoms with Crippen LogP contribution in [-0.2, 0) is 21.4 Å². The van der Waals surface area contributed by atoms with Crippen molar-refractivity contribution in [3.05, 3.63) is 53.0 Å². The predicted molar refractivity (Wildman–Crippen MR) is 113 cm³/mol. The Bertz CT molecular complexity index is 1000. The van der Waals surface area contributed by atoms with Gasteiger partial charge in [-0.05, 0) is 56.9 Å². The predicted octanol–water partition coefficient (Wildman–Crippen LogP) is 3.46. The molecule has 0 unspecified atom stereocenters. The second-order valence-electron chi connectivity index (χ2n) is 7.93. The molecule has 0 N–H and O–H groups in total. The first-order chi connectivity index (χ1) is 13.7. The van der Waals surface area contributed by atoms with Gasteiger partial charge in [0.05, 0.1) is 28.3 Å². The number of carbonyl (C=O) groups is 1. The van der Waals surface area contributed by atoms with E-state index in [0.29, 0.717) is 43.1 Å². The second-order valence-corrected chi connectivity index (χ2v) is 11.1. The minimum Gasteiger partial charge on any atom is -0.467 e. The first-order valence-electron chi connectivity index (χ1n) is 9.78. The molecular formula is C21H26N2O4S2. The summed E-state index contributed by atoms with van der Waals surface area (Å²) >= 11 is 1.63. The van der Waals surface area contributed by atoms with Crippen LogP contribution in [-0.4, -0.2) is 47.2 Å². The van der Waals surface area contributed by atoms with Crippen molar-refractivity contribution in [2.24, 2.45) is 0 Å². The molecule has 2 saturated heterocycles. The molecule has 6 nitrogen and oxygen atoms in total. The summed E-state index contributed by atoms with van der Waals surface area (Å²) in [6.45, 7) is 6.93. The van der Waals surface area contributed by atoms with Crippen LogP contribution in [0.4, 0.5) is 0 Å². The largest absolute Gasteiger partial charge is 0.467 e. The van der Waals surface area contributed by atoms with Crippen molar-refractivity contribution < 1.29 is 17.6 Å². The topological polar surface area (TPSA) is 70.8 Å². The lowest BCUT2D eigenvalue weighted by Crippen LogP contribution is -2.52. The van der Waals surface area contributed by atoms with Gasteiger partial charge in [-0.3, -0.25) is 4.79 Å². The molecule has 2 aromatic rings. The molecule has 2 aliphatic rings. The highest BCUT2D eigenvalue weighted by Gasteiger charge is 2.49. The Morgan fingerprint density at radius 1 is 1.14 bits per heavy atom. The molecule has 0 saturated carbocycles. The summed E-state index contributed by atoms with van der Waals surface area (Å²) in [4.78, 5) is 14.5. The summed E-state index contributed by atoms with van der Waals surface area (Å²) in [5.41, 5.74) is 2.63. The highest BCUT2D eigenvalue weighted by Crippen LogP contribution is 2.46. The number of furan rings is 1. The van der Waals surface area contributed by atoms with Crippen molar-refractivity contribution in [2.75, 3.05) is 18.8 Å². The maximum atomic E-state index is 13.4. The zero-order valence-electron chi connectivity index (χ0n) is 17.0. The molecule has 1 amide bonds. The Kier molecular flexibility index (Phi) is 5.29. The van der Waals surface area contributed by atoms with E-state index in [1.54, 1.807) is 22.3 Å². The van der Waals surface area contributed by atoms with Crippen LogP contribution in [0.1, 0.15) is 35.3 Å². The molecule has 8 heteroatoms. The van der Waals surface area contributed by atoms with Gasteiger partial charge in [0.2, 0.25) is 15.9 Å². The Morgan fingerprint density at radius 2 is 1.79 bits per heavy atom. The number of rotatable bonds is 4. The number of piperidine rings is 1. The Labute approximate surface area is 176 Å². The van der Waals surface area contributed by atoms with E-state index in [1.165, 1.54) is 0 Å².